The van der Waals surface area contributed by atoms with Gasteiger partial charge in [0.05, 0.1) is 0 Å². The van der Waals surface area contributed by atoms with E-state index in [4.69, 9.17) is 0 Å². The molecule has 1 fully saturated rings. The van der Waals surface area contributed by atoms with E-state index in [1.807, 2.05) is 30.3 Å². The summed E-state index contributed by atoms with van der Waals surface area (Å²) in [6.07, 6.45) is 3.36. The molecule has 1 saturated heterocycles. The quantitative estimate of drug-likeness (QED) is 0.832. The first-order valence-electron chi connectivity index (χ1n) is 6.55. The lowest BCUT2D eigenvalue weighted by atomic mass is 10.1. The van der Waals surface area contributed by atoms with Gasteiger partial charge in [0.25, 0.3) is 5.91 Å². The zero-order valence-corrected chi connectivity index (χ0v) is 12.1. The van der Waals surface area contributed by atoms with Crippen LogP contribution in [0.4, 0.5) is 0 Å². The zero-order chi connectivity index (χ0) is 12.8. The van der Waals surface area contributed by atoms with Gasteiger partial charge >= 0.3 is 0 Å². The molecule has 1 atom stereocenters. The van der Waals surface area contributed by atoms with Crippen molar-refractivity contribution in [1.82, 2.24) is 15.8 Å². The highest BCUT2D eigenvalue weighted by molar-refractivity contribution is 5.93. The summed E-state index contributed by atoms with van der Waals surface area (Å²) in [5, 5.41) is 0. The molecule has 0 spiro atoms. The van der Waals surface area contributed by atoms with E-state index in [1.165, 1.54) is 6.42 Å². The molecule has 1 aliphatic rings. The fourth-order valence-electron chi connectivity index (χ4n) is 2.21. The highest BCUT2D eigenvalue weighted by Crippen LogP contribution is 2.08. The molecule has 2 rings (SSSR count). The fourth-order valence-corrected chi connectivity index (χ4v) is 2.21. The molecular weight excluding hydrogens is 262 g/mol. The van der Waals surface area contributed by atoms with Crippen LogP contribution >= 0.6 is 12.4 Å². The van der Waals surface area contributed by atoms with Gasteiger partial charge in [0.1, 0.15) is 0 Å². The third-order valence-corrected chi connectivity index (χ3v) is 3.38. The van der Waals surface area contributed by atoms with Crippen LogP contribution in [0.3, 0.4) is 0 Å². The van der Waals surface area contributed by atoms with Crippen molar-refractivity contribution in [3.8, 4) is 0 Å². The Bertz CT molecular complexity index is 386. The number of nitrogens with one attached hydrogen (secondary N) is 2. The molecule has 0 aromatic heterocycles. The van der Waals surface area contributed by atoms with Gasteiger partial charge in [-0.25, -0.2) is 5.43 Å². The van der Waals surface area contributed by atoms with Gasteiger partial charge < -0.3 is 4.90 Å². The summed E-state index contributed by atoms with van der Waals surface area (Å²) in [6, 6.07) is 9.66. The number of nitrogens with zero attached hydrogens (tertiary/aromatic N) is 1. The summed E-state index contributed by atoms with van der Waals surface area (Å²) in [4.78, 5) is 14.2. The van der Waals surface area contributed by atoms with E-state index in [2.05, 4.69) is 22.8 Å². The third kappa shape index (κ3) is 5.19. The van der Waals surface area contributed by atoms with Crippen LogP contribution in [0.15, 0.2) is 30.3 Å². The van der Waals surface area contributed by atoms with Crippen LogP contribution in [0.2, 0.25) is 0 Å². The Hall–Kier alpha value is -1.10. The minimum atomic E-state index is -0.0619. The Morgan fingerprint density at radius 3 is 2.68 bits per heavy atom. The van der Waals surface area contributed by atoms with Crippen molar-refractivity contribution < 1.29 is 4.79 Å². The normalized spacial score (nSPS) is 20.2. The molecule has 19 heavy (non-hydrogen) atoms. The SMILES string of the molecule is CN1CCCC(NNC(=O)c2ccccc2)CC1.Cl. The number of hydrazine groups is 1. The summed E-state index contributed by atoms with van der Waals surface area (Å²) in [6.45, 7) is 2.23. The van der Waals surface area contributed by atoms with Gasteiger partial charge in [0.2, 0.25) is 0 Å². The van der Waals surface area contributed by atoms with Crippen LogP contribution in [0, 0.1) is 0 Å². The van der Waals surface area contributed by atoms with Gasteiger partial charge in [-0.15, -0.1) is 12.4 Å². The molecule has 0 bridgehead atoms. The fraction of sp³-hybridized carbons (Fsp3) is 0.500. The van der Waals surface area contributed by atoms with Gasteiger partial charge in [0, 0.05) is 11.6 Å². The van der Waals surface area contributed by atoms with Gasteiger partial charge in [-0.05, 0) is 51.5 Å². The minimum absolute atomic E-state index is 0. The standard InChI is InChI=1S/C14H21N3O.ClH/c1-17-10-5-8-13(9-11-17)15-16-14(18)12-6-3-2-4-7-12;/h2-4,6-7,13,15H,5,8-11H2,1H3,(H,16,18);1H. The minimum Gasteiger partial charge on any atom is -0.306 e. The molecule has 1 aliphatic heterocycles. The summed E-state index contributed by atoms with van der Waals surface area (Å²) in [7, 11) is 2.14. The second kappa shape index (κ2) is 8.15. The van der Waals surface area contributed by atoms with Crippen molar-refractivity contribution in [3.63, 3.8) is 0 Å². The summed E-state index contributed by atoms with van der Waals surface area (Å²) >= 11 is 0. The second-order valence-corrected chi connectivity index (χ2v) is 4.90. The average Bonchev–Trinajstić information content (AvgIpc) is 2.62. The lowest BCUT2D eigenvalue weighted by Crippen LogP contribution is -2.44. The molecule has 1 aromatic carbocycles. The predicted molar refractivity (Wildman–Crippen MR) is 79.4 cm³/mol. The highest BCUT2D eigenvalue weighted by Gasteiger charge is 2.15. The van der Waals surface area contributed by atoms with Gasteiger partial charge in [0.15, 0.2) is 0 Å². The Balaban J connectivity index is 0.00000180. The number of hydrogen-bond acceptors (Lipinski definition) is 3. The molecule has 5 heteroatoms. The maximum atomic E-state index is 11.9. The summed E-state index contributed by atoms with van der Waals surface area (Å²) in [5.74, 6) is -0.0619. The molecule has 4 nitrogen and oxygen atoms in total. The largest absolute Gasteiger partial charge is 0.306 e. The van der Waals surface area contributed by atoms with E-state index in [0.717, 1.165) is 25.9 Å². The van der Waals surface area contributed by atoms with Gasteiger partial charge in [-0.3, -0.25) is 10.2 Å². The van der Waals surface area contributed by atoms with Crippen molar-refractivity contribution >= 4 is 18.3 Å². The first-order valence-corrected chi connectivity index (χ1v) is 6.55. The Morgan fingerprint density at radius 2 is 1.95 bits per heavy atom. The lowest BCUT2D eigenvalue weighted by Gasteiger charge is -2.17. The van der Waals surface area contributed by atoms with E-state index in [1.54, 1.807) is 0 Å². The zero-order valence-electron chi connectivity index (χ0n) is 11.3. The van der Waals surface area contributed by atoms with Crippen LogP contribution in [0.25, 0.3) is 0 Å². The number of amides is 1. The molecule has 0 radical (unpaired) electrons. The molecular formula is C14H22ClN3O. The molecule has 0 aliphatic carbocycles. The number of hydrogen-bond donors (Lipinski definition) is 2. The molecule has 1 aromatic rings. The maximum absolute atomic E-state index is 11.9. The van der Waals surface area contributed by atoms with Crippen LogP contribution in [0.1, 0.15) is 29.6 Å². The number of benzene rings is 1. The molecule has 2 N–H and O–H groups in total. The predicted octanol–water partition coefficient (Wildman–Crippen LogP) is 1.83. The number of halogens is 1. The van der Waals surface area contributed by atoms with E-state index in [9.17, 15) is 4.79 Å². The molecule has 106 valence electrons. The second-order valence-electron chi connectivity index (χ2n) is 4.90. The Labute approximate surface area is 120 Å². The number of likely N-dealkylation sites (tertiary alicyclic amines) is 1. The first-order chi connectivity index (χ1) is 8.75. The van der Waals surface area contributed by atoms with Crippen LogP contribution < -0.4 is 10.9 Å². The lowest BCUT2D eigenvalue weighted by molar-refractivity contribution is 0.0923. The molecule has 1 amide bonds. The van der Waals surface area contributed by atoms with Crippen molar-refractivity contribution in [3.05, 3.63) is 35.9 Å². The Morgan fingerprint density at radius 1 is 1.21 bits per heavy atom. The summed E-state index contributed by atoms with van der Waals surface area (Å²) < 4.78 is 0. The average molecular weight is 284 g/mol. The van der Waals surface area contributed by atoms with E-state index >= 15 is 0 Å². The van der Waals surface area contributed by atoms with Crippen LogP contribution in [0.5, 0.6) is 0 Å². The first kappa shape index (κ1) is 16.0. The number of rotatable bonds is 3. The van der Waals surface area contributed by atoms with Crippen molar-refractivity contribution in [2.75, 3.05) is 20.1 Å². The van der Waals surface area contributed by atoms with Gasteiger partial charge in [-0.1, -0.05) is 18.2 Å². The smallest absolute Gasteiger partial charge is 0.265 e. The number of carbonyl (C=O) groups is 1. The van der Waals surface area contributed by atoms with E-state index < -0.39 is 0 Å². The van der Waals surface area contributed by atoms with E-state index in [-0.39, 0.29) is 18.3 Å². The van der Waals surface area contributed by atoms with Crippen molar-refractivity contribution in [2.24, 2.45) is 0 Å². The molecule has 0 saturated carbocycles. The summed E-state index contributed by atoms with van der Waals surface area (Å²) in [5.41, 5.74) is 6.65. The Kier molecular flexibility index (Phi) is 6.84. The van der Waals surface area contributed by atoms with Gasteiger partial charge in [-0.2, -0.15) is 0 Å². The maximum Gasteiger partial charge on any atom is 0.265 e. The van der Waals surface area contributed by atoms with Crippen LogP contribution in [-0.2, 0) is 0 Å². The molecule has 1 unspecified atom stereocenters. The number of carbonyl (C=O) groups excluding carboxylic acids is 1. The van der Waals surface area contributed by atoms with E-state index in [0.29, 0.717) is 11.6 Å². The van der Waals surface area contributed by atoms with Crippen LogP contribution in [-0.4, -0.2) is 37.0 Å². The van der Waals surface area contributed by atoms with Crippen molar-refractivity contribution in [1.29, 1.82) is 0 Å². The van der Waals surface area contributed by atoms with Crippen molar-refractivity contribution in [2.45, 2.75) is 25.3 Å². The topological polar surface area (TPSA) is 44.4 Å². The monoisotopic (exact) mass is 283 g/mol. The molecule has 1 heterocycles. The third-order valence-electron chi connectivity index (χ3n) is 3.38. The highest BCUT2D eigenvalue weighted by atomic mass is 35.5.